The Hall–Kier alpha value is -1.69. The van der Waals surface area contributed by atoms with E-state index >= 15 is 0 Å². The summed E-state index contributed by atoms with van der Waals surface area (Å²) in [5.41, 5.74) is 2.07. The van der Waals surface area contributed by atoms with Gasteiger partial charge in [-0.25, -0.2) is 4.98 Å². The number of benzene rings is 1. The highest BCUT2D eigenvalue weighted by Crippen LogP contribution is 2.22. The lowest BCUT2D eigenvalue weighted by molar-refractivity contribution is 0.624. The molecule has 0 atom stereocenters. The maximum absolute atomic E-state index is 11.4. The van der Waals surface area contributed by atoms with Crippen molar-refractivity contribution in [1.82, 2.24) is 15.2 Å². The molecule has 0 unspecified atom stereocenters. The summed E-state index contributed by atoms with van der Waals surface area (Å²) < 4.78 is 11.4. The lowest BCUT2D eigenvalue weighted by Gasteiger charge is -2.23. The number of hydrogen-bond acceptors (Lipinski definition) is 4. The highest BCUT2D eigenvalue weighted by Gasteiger charge is 2.17. The van der Waals surface area contributed by atoms with E-state index in [1.54, 1.807) is 0 Å². The molecule has 6 heteroatoms. The molecule has 1 aromatic carbocycles. The van der Waals surface area contributed by atoms with E-state index in [1.165, 1.54) is 0 Å². The average molecular weight is 290 g/mol. The maximum atomic E-state index is 11.4. The van der Waals surface area contributed by atoms with Gasteiger partial charge in [-0.15, -0.1) is 0 Å². The molecule has 2 aromatic rings. The quantitative estimate of drug-likeness (QED) is 0.908. The van der Waals surface area contributed by atoms with Crippen molar-refractivity contribution in [2.24, 2.45) is 0 Å². The van der Waals surface area contributed by atoms with Gasteiger partial charge in [0.2, 0.25) is 0 Å². The van der Waals surface area contributed by atoms with Gasteiger partial charge in [-0.1, -0.05) is 12.1 Å². The number of aryl methyl sites for hydroxylation is 1. The third-order valence-corrected chi connectivity index (χ3v) is 4.86. The second-order valence-corrected chi connectivity index (χ2v) is 6.79. The highest BCUT2D eigenvalue weighted by molar-refractivity contribution is 7.85. The Balaban J connectivity index is 1.73. The molecule has 5 nitrogen and oxygen atoms in total. The van der Waals surface area contributed by atoms with Gasteiger partial charge in [0.05, 0.1) is 0 Å². The topological polar surface area (TPSA) is 70.7 Å². The van der Waals surface area contributed by atoms with Crippen molar-refractivity contribution >= 4 is 16.5 Å². The van der Waals surface area contributed by atoms with E-state index in [-0.39, 0.29) is 0 Å². The number of nitrogens with one attached hydrogen (secondary N) is 2. The average Bonchev–Trinajstić information content (AvgIpc) is 2.89. The second kappa shape index (κ2) is 5.75. The van der Waals surface area contributed by atoms with Gasteiger partial charge >= 0.3 is 0 Å². The fraction of sp³-hybridized carbons (Fsp3) is 0.429. The Kier molecular flexibility index (Phi) is 3.82. The van der Waals surface area contributed by atoms with Gasteiger partial charge < -0.3 is 5.32 Å². The first-order chi connectivity index (χ1) is 9.70. The monoisotopic (exact) mass is 290 g/mol. The van der Waals surface area contributed by atoms with E-state index in [1.807, 2.05) is 19.1 Å². The predicted octanol–water partition coefficient (Wildman–Crippen LogP) is 2.10. The number of aromatic amines is 1. The number of hydrogen-bond donors (Lipinski definition) is 2. The Morgan fingerprint density at radius 1 is 1.35 bits per heavy atom. The number of anilines is 1. The number of rotatable bonds is 3. The van der Waals surface area contributed by atoms with Crippen LogP contribution in [-0.2, 0) is 10.8 Å². The van der Waals surface area contributed by atoms with E-state index < -0.39 is 10.8 Å². The molecule has 1 aliphatic rings. The van der Waals surface area contributed by atoms with E-state index in [4.69, 9.17) is 0 Å². The standard InChI is InChI=1S/C14H18N4OS/c1-10-15-14(18-17-10)11-3-2-4-13(9-11)16-12-5-7-20(19)8-6-12/h2-4,9,12,16H,5-8H2,1H3,(H,15,17,18). The SMILES string of the molecule is Cc1nc(-c2cccc(NC3CCS(=O)CC3)c2)n[nH]1. The fourth-order valence-corrected chi connectivity index (χ4v) is 3.69. The third-order valence-electron chi connectivity index (χ3n) is 3.48. The van der Waals surface area contributed by atoms with Crippen LogP contribution in [0.4, 0.5) is 5.69 Å². The molecule has 3 rings (SSSR count). The molecule has 0 radical (unpaired) electrons. The van der Waals surface area contributed by atoms with Crippen LogP contribution in [0.3, 0.4) is 0 Å². The van der Waals surface area contributed by atoms with Gasteiger partial charge in [-0.3, -0.25) is 9.31 Å². The first kappa shape index (κ1) is 13.3. The van der Waals surface area contributed by atoms with E-state index in [9.17, 15) is 4.21 Å². The van der Waals surface area contributed by atoms with Crippen LogP contribution in [0.2, 0.25) is 0 Å². The molecule has 1 aromatic heterocycles. The third kappa shape index (κ3) is 3.07. The van der Waals surface area contributed by atoms with Gasteiger partial charge in [0.25, 0.3) is 0 Å². The van der Waals surface area contributed by atoms with Crippen molar-refractivity contribution in [2.45, 2.75) is 25.8 Å². The van der Waals surface area contributed by atoms with Crippen LogP contribution in [0.1, 0.15) is 18.7 Å². The maximum Gasteiger partial charge on any atom is 0.181 e. The molecule has 106 valence electrons. The molecule has 0 aliphatic carbocycles. The number of nitrogens with zero attached hydrogens (tertiary/aromatic N) is 2. The first-order valence-electron chi connectivity index (χ1n) is 6.81. The van der Waals surface area contributed by atoms with E-state index in [0.29, 0.717) is 6.04 Å². The Morgan fingerprint density at radius 3 is 2.85 bits per heavy atom. The van der Waals surface area contributed by atoms with Gasteiger partial charge in [0.15, 0.2) is 5.82 Å². The Labute approximate surface area is 120 Å². The summed E-state index contributed by atoms with van der Waals surface area (Å²) in [4.78, 5) is 4.34. The lowest BCUT2D eigenvalue weighted by atomic mass is 10.1. The molecule has 1 saturated heterocycles. The summed E-state index contributed by atoms with van der Waals surface area (Å²) in [6.45, 7) is 1.89. The van der Waals surface area contributed by atoms with Crippen LogP contribution in [0.15, 0.2) is 24.3 Å². The number of H-pyrrole nitrogens is 1. The smallest absolute Gasteiger partial charge is 0.181 e. The molecule has 0 amide bonds. The summed E-state index contributed by atoms with van der Waals surface area (Å²) >= 11 is 0. The summed E-state index contributed by atoms with van der Waals surface area (Å²) in [6, 6.07) is 8.54. The second-order valence-electron chi connectivity index (χ2n) is 5.09. The fourth-order valence-electron chi connectivity index (χ4n) is 2.39. The minimum atomic E-state index is -0.614. The van der Waals surface area contributed by atoms with E-state index in [2.05, 4.69) is 32.6 Å². The van der Waals surface area contributed by atoms with Crippen LogP contribution in [0, 0.1) is 6.92 Å². The largest absolute Gasteiger partial charge is 0.382 e. The molecule has 20 heavy (non-hydrogen) atoms. The summed E-state index contributed by atoms with van der Waals surface area (Å²) in [6.07, 6.45) is 1.94. The summed E-state index contributed by atoms with van der Waals surface area (Å²) in [7, 11) is -0.614. The van der Waals surface area contributed by atoms with Crippen LogP contribution < -0.4 is 5.32 Å². The number of aromatic nitrogens is 3. The Morgan fingerprint density at radius 2 is 2.15 bits per heavy atom. The Bertz CT molecular complexity index is 615. The molecule has 0 saturated carbocycles. The minimum Gasteiger partial charge on any atom is -0.382 e. The molecule has 2 N–H and O–H groups in total. The van der Waals surface area contributed by atoms with Crippen LogP contribution in [0.5, 0.6) is 0 Å². The molecule has 2 heterocycles. The van der Waals surface area contributed by atoms with Gasteiger partial charge in [0, 0.05) is 39.6 Å². The van der Waals surface area contributed by atoms with Crippen molar-refractivity contribution in [3.8, 4) is 11.4 Å². The summed E-state index contributed by atoms with van der Waals surface area (Å²) in [5.74, 6) is 3.14. The van der Waals surface area contributed by atoms with Crippen LogP contribution in [0.25, 0.3) is 11.4 Å². The lowest BCUT2D eigenvalue weighted by Crippen LogP contribution is -2.29. The molecular formula is C14H18N4OS. The molecule has 0 spiro atoms. The van der Waals surface area contributed by atoms with E-state index in [0.717, 1.165) is 47.2 Å². The molecule has 1 fully saturated rings. The van der Waals surface area contributed by atoms with Crippen molar-refractivity contribution in [3.05, 3.63) is 30.1 Å². The van der Waals surface area contributed by atoms with Crippen molar-refractivity contribution in [3.63, 3.8) is 0 Å². The normalized spacial score (nSPS) is 22.6. The minimum absolute atomic E-state index is 0.414. The zero-order chi connectivity index (χ0) is 13.9. The van der Waals surface area contributed by atoms with Crippen LogP contribution in [-0.4, -0.2) is 36.9 Å². The van der Waals surface area contributed by atoms with Gasteiger partial charge in [-0.2, -0.15) is 5.10 Å². The van der Waals surface area contributed by atoms with Crippen molar-refractivity contribution in [2.75, 3.05) is 16.8 Å². The summed E-state index contributed by atoms with van der Waals surface area (Å²) in [5, 5.41) is 10.6. The highest BCUT2D eigenvalue weighted by atomic mass is 32.2. The predicted molar refractivity (Wildman–Crippen MR) is 81.1 cm³/mol. The zero-order valence-electron chi connectivity index (χ0n) is 11.4. The van der Waals surface area contributed by atoms with Crippen molar-refractivity contribution < 1.29 is 4.21 Å². The molecule has 1 aliphatic heterocycles. The van der Waals surface area contributed by atoms with Gasteiger partial charge in [-0.05, 0) is 31.9 Å². The van der Waals surface area contributed by atoms with Crippen LogP contribution >= 0.6 is 0 Å². The first-order valence-corrected chi connectivity index (χ1v) is 8.30. The zero-order valence-corrected chi connectivity index (χ0v) is 12.2. The molecular weight excluding hydrogens is 272 g/mol. The molecule has 0 bridgehead atoms. The van der Waals surface area contributed by atoms with Crippen molar-refractivity contribution in [1.29, 1.82) is 0 Å². The van der Waals surface area contributed by atoms with Gasteiger partial charge in [0.1, 0.15) is 5.82 Å².